The molecule has 0 spiro atoms. The van der Waals surface area contributed by atoms with Crippen molar-refractivity contribution < 1.29 is 14.4 Å². The predicted octanol–water partition coefficient (Wildman–Crippen LogP) is 1.27. The summed E-state index contributed by atoms with van der Waals surface area (Å²) in [6.07, 6.45) is 3.80. The molecule has 1 saturated heterocycles. The fraction of sp³-hybridized carbons (Fsp3) is 0.526. The monoisotopic (exact) mass is 358 g/mol. The second kappa shape index (κ2) is 6.72. The van der Waals surface area contributed by atoms with Crippen LogP contribution < -0.4 is 21.7 Å². The highest BCUT2D eigenvalue weighted by atomic mass is 16.2. The van der Waals surface area contributed by atoms with Crippen molar-refractivity contribution in [2.45, 2.75) is 57.2 Å². The van der Waals surface area contributed by atoms with Crippen LogP contribution in [0, 0.1) is 5.92 Å². The Balaban J connectivity index is 1.62. The second-order valence-corrected chi connectivity index (χ2v) is 7.75. The van der Waals surface area contributed by atoms with Gasteiger partial charge in [-0.25, -0.2) is 4.79 Å². The molecule has 1 aromatic carbocycles. The van der Waals surface area contributed by atoms with Gasteiger partial charge in [-0.2, -0.15) is 0 Å². The van der Waals surface area contributed by atoms with E-state index in [1.54, 1.807) is 19.1 Å². The molecule has 2 aliphatic rings. The van der Waals surface area contributed by atoms with E-state index < -0.39 is 17.1 Å². The molecule has 26 heavy (non-hydrogen) atoms. The van der Waals surface area contributed by atoms with Crippen LogP contribution in [0.5, 0.6) is 0 Å². The van der Waals surface area contributed by atoms with Crippen LogP contribution in [0.2, 0.25) is 0 Å². The van der Waals surface area contributed by atoms with Crippen molar-refractivity contribution in [1.29, 1.82) is 0 Å². The van der Waals surface area contributed by atoms with Gasteiger partial charge in [-0.1, -0.05) is 37.1 Å². The average Bonchev–Trinajstić information content (AvgIpc) is 2.86. The zero-order valence-corrected chi connectivity index (χ0v) is 15.2. The minimum absolute atomic E-state index is 0.00632. The van der Waals surface area contributed by atoms with Gasteiger partial charge in [-0.3, -0.25) is 14.9 Å². The van der Waals surface area contributed by atoms with Gasteiger partial charge in [-0.05, 0) is 37.8 Å². The van der Waals surface area contributed by atoms with Crippen LogP contribution in [-0.2, 0) is 21.7 Å². The Morgan fingerprint density at radius 2 is 1.92 bits per heavy atom. The fourth-order valence-electron chi connectivity index (χ4n) is 3.80. The highest BCUT2D eigenvalue weighted by molar-refractivity contribution is 6.07. The first kappa shape index (κ1) is 18.4. The number of amides is 4. The summed E-state index contributed by atoms with van der Waals surface area (Å²) in [6, 6.07) is 6.79. The SMILES string of the molecule is CC1(c2ccc(CNC(=O)C3CCCCC3(C)N)cc2)NC(=O)NC1=O. The molecule has 1 saturated carbocycles. The summed E-state index contributed by atoms with van der Waals surface area (Å²) >= 11 is 0. The molecule has 1 aromatic rings. The van der Waals surface area contributed by atoms with Crippen LogP contribution in [0.25, 0.3) is 0 Å². The van der Waals surface area contributed by atoms with Gasteiger partial charge in [0.05, 0.1) is 5.92 Å². The zero-order chi connectivity index (χ0) is 18.9. The molecular formula is C19H26N4O3. The summed E-state index contributed by atoms with van der Waals surface area (Å²) in [7, 11) is 0. The first-order valence-electron chi connectivity index (χ1n) is 9.02. The summed E-state index contributed by atoms with van der Waals surface area (Å²) in [6.45, 7) is 4.02. The van der Waals surface area contributed by atoms with Crippen molar-refractivity contribution in [2.24, 2.45) is 11.7 Å². The van der Waals surface area contributed by atoms with Crippen LogP contribution in [0.15, 0.2) is 24.3 Å². The van der Waals surface area contributed by atoms with E-state index in [-0.39, 0.29) is 17.7 Å². The molecule has 2 fully saturated rings. The first-order chi connectivity index (χ1) is 12.2. The summed E-state index contributed by atoms with van der Waals surface area (Å²) in [5.41, 5.74) is 6.38. The Kier molecular flexibility index (Phi) is 4.75. The Labute approximate surface area is 153 Å². The number of carbonyl (C=O) groups is 3. The number of imide groups is 1. The molecule has 3 atom stereocenters. The smallest absolute Gasteiger partial charge is 0.322 e. The molecule has 7 heteroatoms. The Bertz CT molecular complexity index is 729. The number of hydrogen-bond donors (Lipinski definition) is 4. The molecule has 0 radical (unpaired) electrons. The largest absolute Gasteiger partial charge is 0.352 e. The van der Waals surface area contributed by atoms with Crippen LogP contribution in [-0.4, -0.2) is 23.4 Å². The molecule has 4 amide bonds. The summed E-state index contributed by atoms with van der Waals surface area (Å²) in [4.78, 5) is 35.9. The number of carbonyl (C=O) groups excluding carboxylic acids is 3. The van der Waals surface area contributed by atoms with Gasteiger partial charge in [0, 0.05) is 12.1 Å². The van der Waals surface area contributed by atoms with Gasteiger partial charge in [0.2, 0.25) is 5.91 Å². The molecular weight excluding hydrogens is 332 g/mol. The second-order valence-electron chi connectivity index (χ2n) is 7.75. The van der Waals surface area contributed by atoms with Gasteiger partial charge in [-0.15, -0.1) is 0 Å². The number of rotatable bonds is 4. The minimum Gasteiger partial charge on any atom is -0.352 e. The molecule has 7 nitrogen and oxygen atoms in total. The molecule has 0 aromatic heterocycles. The lowest BCUT2D eigenvalue weighted by atomic mass is 9.74. The molecule has 1 heterocycles. The number of hydrogen-bond acceptors (Lipinski definition) is 4. The topological polar surface area (TPSA) is 113 Å². The molecule has 3 rings (SSSR count). The summed E-state index contributed by atoms with van der Waals surface area (Å²) in [5, 5.41) is 7.85. The molecule has 3 unspecified atom stereocenters. The Morgan fingerprint density at radius 1 is 1.23 bits per heavy atom. The summed E-state index contributed by atoms with van der Waals surface area (Å²) < 4.78 is 0. The maximum atomic E-state index is 12.5. The van der Waals surface area contributed by atoms with Gasteiger partial charge in [0.15, 0.2) is 0 Å². The lowest BCUT2D eigenvalue weighted by Crippen LogP contribution is -2.52. The normalized spacial score (nSPS) is 31.3. The average molecular weight is 358 g/mol. The number of benzene rings is 1. The molecule has 140 valence electrons. The van der Waals surface area contributed by atoms with Crippen LogP contribution >= 0.6 is 0 Å². The van der Waals surface area contributed by atoms with E-state index in [0.717, 1.165) is 31.2 Å². The standard InChI is InChI=1S/C19H26N4O3/c1-18(20)10-4-3-5-14(18)15(24)21-11-12-6-8-13(9-7-12)19(2)16(25)22-17(26)23-19/h6-9,14H,3-5,10-11,20H2,1-2H3,(H,21,24)(H2,22,23,25,26). The van der Waals surface area contributed by atoms with Gasteiger partial charge in [0.25, 0.3) is 5.91 Å². The van der Waals surface area contributed by atoms with E-state index in [9.17, 15) is 14.4 Å². The number of urea groups is 1. The van der Waals surface area contributed by atoms with Crippen LogP contribution in [0.1, 0.15) is 50.7 Å². The summed E-state index contributed by atoms with van der Waals surface area (Å²) in [5.74, 6) is -0.539. The highest BCUT2D eigenvalue weighted by Crippen LogP contribution is 2.31. The van der Waals surface area contributed by atoms with Crippen molar-refractivity contribution in [3.05, 3.63) is 35.4 Å². The van der Waals surface area contributed by atoms with E-state index >= 15 is 0 Å². The van der Waals surface area contributed by atoms with E-state index in [1.165, 1.54) is 0 Å². The van der Waals surface area contributed by atoms with Crippen LogP contribution in [0.4, 0.5) is 4.79 Å². The van der Waals surface area contributed by atoms with Crippen molar-refractivity contribution >= 4 is 17.8 Å². The van der Waals surface area contributed by atoms with Gasteiger partial charge >= 0.3 is 6.03 Å². The lowest BCUT2D eigenvalue weighted by molar-refractivity contribution is -0.128. The Morgan fingerprint density at radius 3 is 2.50 bits per heavy atom. The molecule has 5 N–H and O–H groups in total. The first-order valence-corrected chi connectivity index (χ1v) is 9.02. The van der Waals surface area contributed by atoms with E-state index in [2.05, 4.69) is 16.0 Å². The van der Waals surface area contributed by atoms with Crippen molar-refractivity contribution in [2.75, 3.05) is 0 Å². The minimum atomic E-state index is -1.07. The third-order valence-electron chi connectivity index (χ3n) is 5.61. The van der Waals surface area contributed by atoms with E-state index in [0.29, 0.717) is 12.1 Å². The zero-order valence-electron chi connectivity index (χ0n) is 15.2. The number of nitrogens with one attached hydrogen (secondary N) is 3. The third kappa shape index (κ3) is 3.44. The predicted molar refractivity (Wildman–Crippen MR) is 96.9 cm³/mol. The molecule has 1 aliphatic carbocycles. The molecule has 1 aliphatic heterocycles. The van der Waals surface area contributed by atoms with Crippen molar-refractivity contribution in [3.63, 3.8) is 0 Å². The fourth-order valence-corrected chi connectivity index (χ4v) is 3.80. The maximum Gasteiger partial charge on any atom is 0.322 e. The van der Waals surface area contributed by atoms with Gasteiger partial charge in [0.1, 0.15) is 5.54 Å². The number of nitrogens with two attached hydrogens (primary N) is 1. The highest BCUT2D eigenvalue weighted by Gasteiger charge is 2.43. The Hall–Kier alpha value is -2.41. The van der Waals surface area contributed by atoms with Crippen molar-refractivity contribution in [1.82, 2.24) is 16.0 Å². The van der Waals surface area contributed by atoms with Crippen molar-refractivity contribution in [3.8, 4) is 0 Å². The maximum absolute atomic E-state index is 12.5. The third-order valence-corrected chi connectivity index (χ3v) is 5.61. The van der Waals surface area contributed by atoms with Crippen LogP contribution in [0.3, 0.4) is 0 Å². The quantitative estimate of drug-likeness (QED) is 0.607. The van der Waals surface area contributed by atoms with E-state index in [4.69, 9.17) is 5.73 Å². The lowest BCUT2D eigenvalue weighted by Gasteiger charge is -2.37. The van der Waals surface area contributed by atoms with E-state index in [1.807, 2.05) is 19.1 Å². The molecule has 0 bridgehead atoms. The van der Waals surface area contributed by atoms with Gasteiger partial charge < -0.3 is 16.4 Å².